The van der Waals surface area contributed by atoms with Crippen molar-refractivity contribution >= 4 is 116 Å². The molecule has 14 rings (SSSR count). The molecule has 14 heterocycles. The summed E-state index contributed by atoms with van der Waals surface area (Å²) in [6, 6.07) is 4.17. The van der Waals surface area contributed by atoms with E-state index in [0.29, 0.717) is 58.3 Å². The van der Waals surface area contributed by atoms with Gasteiger partial charge in [-0.15, -0.1) is 23.5 Å². The summed E-state index contributed by atoms with van der Waals surface area (Å²) in [4.78, 5) is 84.1. The summed E-state index contributed by atoms with van der Waals surface area (Å²) in [6.45, 7) is -1.76. The van der Waals surface area contributed by atoms with E-state index < -0.39 is 142 Å². The number of nitrogens with two attached hydrogens (primary N) is 6. The average molecular weight is 1550 g/mol. The van der Waals surface area contributed by atoms with Gasteiger partial charge < -0.3 is 114 Å². The van der Waals surface area contributed by atoms with Crippen molar-refractivity contribution in [2.24, 2.45) is 0 Å². The minimum atomic E-state index is -2.74. The Labute approximate surface area is 599 Å². The topological polar surface area (TPSA) is 641 Å². The number of nitrogens with zero attached hydrogens (tertiary/aromatic N) is 16. The van der Waals surface area contributed by atoms with Gasteiger partial charge in [-0.1, -0.05) is 34.8 Å². The zero-order valence-electron chi connectivity index (χ0n) is 53.0. The number of hydrogen-bond donors (Lipinski definition) is 16. The summed E-state index contributed by atoms with van der Waals surface area (Å²) in [7, 11) is 0. The smallest absolute Gasteiger partial charge is 0.351 e. The zero-order valence-corrected chi connectivity index (χ0v) is 56.9. The molecule has 8 aromatic rings. The highest BCUT2D eigenvalue weighted by molar-refractivity contribution is 8.00. The van der Waals surface area contributed by atoms with E-state index in [1.165, 1.54) is 59.1 Å². The molecule has 103 heavy (non-hydrogen) atoms. The normalized spacial score (nSPS) is 29.0. The fourth-order valence-corrected chi connectivity index (χ4v) is 13.1. The van der Waals surface area contributed by atoms with Crippen molar-refractivity contribution < 1.29 is 88.3 Å². The van der Waals surface area contributed by atoms with Crippen molar-refractivity contribution in [3.05, 3.63) is 116 Å². The first-order valence-corrected chi connectivity index (χ1v) is 33.4. The first-order valence-electron chi connectivity index (χ1n) is 30.2. The second kappa shape index (κ2) is 34.4. The van der Waals surface area contributed by atoms with Gasteiger partial charge in [-0.2, -0.15) is 19.9 Å². The number of imidazole rings is 2. The van der Waals surface area contributed by atoms with Gasteiger partial charge in [-0.3, -0.25) is 27.4 Å². The molecule has 22 N–H and O–H groups in total. The molecule has 8 aromatic heterocycles. The molecule has 0 aromatic carbocycles. The molecular weight excluding hydrogens is 1490 g/mol. The van der Waals surface area contributed by atoms with Crippen LogP contribution >= 0.6 is 58.3 Å². The molecule has 0 unspecified atom stereocenters. The fraction of sp³-hybridized carbons (Fsp3) is 0.519. The van der Waals surface area contributed by atoms with Gasteiger partial charge in [0.2, 0.25) is 0 Å². The third-order valence-electron chi connectivity index (χ3n) is 15.7. The number of hydrogen-bond acceptors (Lipinski definition) is 38. The summed E-state index contributed by atoms with van der Waals surface area (Å²) in [5.41, 5.74) is 31.3. The van der Waals surface area contributed by atoms with Gasteiger partial charge in [-0.05, 0) is 18.2 Å². The molecule has 0 saturated carbocycles. The van der Waals surface area contributed by atoms with Crippen LogP contribution in [0, 0.1) is 5.82 Å². The molecule has 0 aliphatic carbocycles. The first-order chi connectivity index (χ1) is 49.0. The van der Waals surface area contributed by atoms with Crippen molar-refractivity contribution in [1.29, 1.82) is 0 Å². The minimum Gasteiger partial charge on any atom is -0.394 e. The van der Waals surface area contributed by atoms with Crippen LogP contribution in [0.1, 0.15) is 50.2 Å². The summed E-state index contributed by atoms with van der Waals surface area (Å²) in [5.74, 6) is 0.696. The Morgan fingerprint density at radius 1 is 0.476 bits per heavy atom. The number of alkyl halides is 4. The van der Waals surface area contributed by atoms with E-state index in [1.54, 1.807) is 34.1 Å². The Balaban J connectivity index is 0.000000144. The Hall–Kier alpha value is -7.79. The molecular formula is C54H69Cl3F2N22O20S2. The van der Waals surface area contributed by atoms with Crippen molar-refractivity contribution in [2.45, 2.75) is 119 Å². The van der Waals surface area contributed by atoms with Gasteiger partial charge in [0, 0.05) is 42.9 Å². The second-order valence-electron chi connectivity index (χ2n) is 22.4. The molecule has 17 atom stereocenters. The summed E-state index contributed by atoms with van der Waals surface area (Å²) in [5, 5.41) is 89.8. The molecule has 0 bridgehead atoms. The van der Waals surface area contributed by atoms with Crippen molar-refractivity contribution in [2.75, 3.05) is 85.5 Å². The number of aliphatic hydroxyl groups excluding tert-OH is 10. The number of thioether (sulfide) groups is 2. The van der Waals surface area contributed by atoms with Crippen LogP contribution in [0.5, 0.6) is 0 Å². The Morgan fingerprint density at radius 2 is 0.874 bits per heavy atom. The van der Waals surface area contributed by atoms with Gasteiger partial charge in [0.1, 0.15) is 114 Å². The van der Waals surface area contributed by atoms with Crippen LogP contribution < -0.4 is 57.2 Å². The number of ether oxygens (including phenoxy) is 6. The third-order valence-corrected chi connectivity index (χ3v) is 19.1. The van der Waals surface area contributed by atoms with Gasteiger partial charge in [0.15, 0.2) is 51.4 Å². The lowest BCUT2D eigenvalue weighted by atomic mass is 10.1. The Morgan fingerprint density at radius 3 is 1.26 bits per heavy atom. The van der Waals surface area contributed by atoms with Gasteiger partial charge in [0.05, 0.1) is 70.7 Å². The molecule has 49 heteroatoms. The third kappa shape index (κ3) is 18.0. The number of nitrogen functional groups attached to an aromatic ring is 6. The highest BCUT2D eigenvalue weighted by Crippen LogP contribution is 2.47. The van der Waals surface area contributed by atoms with Crippen molar-refractivity contribution in [3.8, 4) is 0 Å². The van der Waals surface area contributed by atoms with E-state index in [9.17, 15) is 48.4 Å². The second-order valence-corrected chi connectivity index (χ2v) is 26.8. The molecule has 0 amide bonds. The lowest BCUT2D eigenvalue weighted by molar-refractivity contribution is -0.0517. The van der Waals surface area contributed by atoms with Crippen LogP contribution in [0.4, 0.5) is 43.7 Å². The standard InChI is InChI=1S/2C10H13N5O3.C9H11Cl2N3O4.C9H11ClFN3O4.C8H10FN3O3S.C8H11N3O3S/c2*11-9-8-10(13-3-12-9)15(4-14-8)7-1-5(17)6(2-16)18-7;2*10-9(11)6(16)4(3-15)18-7(9)14-2-1-5(12)13-8(14)17;9-4-1-12(8(14)11-7(4)10)5-3-16-6(2-13)15-5;9-5-1-2-11(8(13)10-5)6-4-15-7(3-12)14-6/h2*3-7,16-17H,1-2H2,(H2,11,12,13);2*1-2,4,6-7,15-16H,3H2,(H2,12,13,17);1,5-6,13H,2-3H2,(H2,10,11,14);1-2,6-7,12H,3-4H2,(H2,9,10,13)/t2*5-,6+,7+;4-,6-,7-;4-,6-,7-,9-;5-,6+;6-,7+/m101100/s1. The predicted molar refractivity (Wildman–Crippen MR) is 359 cm³/mol. The van der Waals surface area contributed by atoms with Crippen molar-refractivity contribution in [1.82, 2.24) is 77.2 Å². The number of rotatable bonds is 12. The van der Waals surface area contributed by atoms with Crippen LogP contribution in [0.25, 0.3) is 22.3 Å². The Kier molecular flexibility index (Phi) is 26.5. The van der Waals surface area contributed by atoms with Crippen LogP contribution in [0.3, 0.4) is 0 Å². The lowest BCUT2D eigenvalue weighted by Gasteiger charge is -2.23. The average Bonchev–Trinajstić information content (AvgIpc) is 1.65. The molecule has 6 aliphatic rings. The van der Waals surface area contributed by atoms with Crippen LogP contribution in [0.15, 0.2) is 87.5 Å². The van der Waals surface area contributed by atoms with E-state index in [0.717, 1.165) is 26.1 Å². The van der Waals surface area contributed by atoms with Crippen LogP contribution in [-0.4, -0.2) is 249 Å². The quantitative estimate of drug-likeness (QED) is 0.0511. The molecule has 6 aliphatic heterocycles. The fourth-order valence-electron chi connectivity index (χ4n) is 10.4. The summed E-state index contributed by atoms with van der Waals surface area (Å²) >= 11 is 20.3. The predicted octanol–water partition coefficient (Wildman–Crippen LogP) is -4.72. The Bertz CT molecular complexity index is 4250. The highest BCUT2D eigenvalue weighted by Gasteiger charge is 2.58. The largest absolute Gasteiger partial charge is 0.394 e. The molecule has 0 radical (unpaired) electrons. The monoisotopic (exact) mass is 1550 g/mol. The molecule has 562 valence electrons. The summed E-state index contributed by atoms with van der Waals surface area (Å²) < 4.78 is 65.1. The molecule has 6 fully saturated rings. The van der Waals surface area contributed by atoms with Gasteiger partial charge >= 0.3 is 22.8 Å². The number of anilines is 6. The molecule has 0 spiro atoms. The number of aliphatic hydroxyl groups is 10. The zero-order chi connectivity index (χ0) is 74.9. The highest BCUT2D eigenvalue weighted by atomic mass is 35.5. The van der Waals surface area contributed by atoms with E-state index in [4.69, 9.17) is 128 Å². The number of fused-ring (bicyclic) bond motifs is 2. The van der Waals surface area contributed by atoms with Crippen LogP contribution in [-0.2, 0) is 28.4 Å². The summed E-state index contributed by atoms with van der Waals surface area (Å²) in [6.07, 6.45) is -0.859. The lowest BCUT2D eigenvalue weighted by Crippen LogP contribution is -2.41. The first kappa shape index (κ1) is 79.3. The maximum Gasteiger partial charge on any atom is 0.351 e. The van der Waals surface area contributed by atoms with Gasteiger partial charge in [-0.25, -0.2) is 57.9 Å². The van der Waals surface area contributed by atoms with Gasteiger partial charge in [0.25, 0.3) is 5.13 Å². The number of halogens is 5. The van der Waals surface area contributed by atoms with E-state index in [2.05, 4.69) is 49.8 Å². The van der Waals surface area contributed by atoms with Crippen LogP contribution in [0.2, 0.25) is 0 Å². The van der Waals surface area contributed by atoms with E-state index in [-0.39, 0.29) is 55.5 Å². The van der Waals surface area contributed by atoms with E-state index >= 15 is 0 Å². The van der Waals surface area contributed by atoms with Crippen molar-refractivity contribution in [3.63, 3.8) is 0 Å². The minimum absolute atomic E-state index is 0.0347. The molecule has 6 saturated heterocycles. The maximum absolute atomic E-state index is 14.1. The molecule has 42 nitrogen and oxygen atoms in total. The van der Waals surface area contributed by atoms with E-state index in [1.807, 2.05) is 0 Å². The SMILES string of the molecule is Nc1ccn([C@@H]2CS[C@H](CO)O2)c(=O)n1.Nc1ccn([C@@H]2O[C@H](CO)[C@@H](O)C2(Cl)Cl)c(=O)n1.Nc1ccn([C@@H]2O[C@H](CO)[C@@H](O)[C@]2(F)Cl)c(=O)n1.Nc1nc(=O)n([C@@H]2CS[C@H](CO)O2)cc1F.Nc1ncnc2c1ncn2[C@@H]1C[C@@H](O)[C@H](CO)O1.Nc1ncnc2c1ncn2[C@H]1C[C@H](O)[C@@H](CO)O1. The number of aromatic nitrogens is 16. The maximum atomic E-state index is 14.1.